The van der Waals surface area contributed by atoms with Crippen LogP contribution in [-0.2, 0) is 9.59 Å². The fraction of sp³-hybridized carbons (Fsp3) is 0.708. The molecule has 1 aliphatic carbocycles. The Labute approximate surface area is 185 Å². The lowest BCUT2D eigenvalue weighted by Gasteiger charge is -2.35. The summed E-state index contributed by atoms with van der Waals surface area (Å²) in [6.45, 7) is 4.95. The number of carbonyl (C=O) groups is 3. The number of hydrogen-bond acceptors (Lipinski definition) is 5. The number of furan rings is 1. The molecule has 0 radical (unpaired) electrons. The van der Waals surface area contributed by atoms with Crippen LogP contribution in [0.1, 0.15) is 88.6 Å². The minimum Gasteiger partial charge on any atom is -0.459 e. The fourth-order valence-corrected chi connectivity index (χ4v) is 4.94. The summed E-state index contributed by atoms with van der Waals surface area (Å²) in [5, 5.41) is 5.88. The first-order chi connectivity index (χ1) is 15.0. The molecule has 172 valence electrons. The smallest absolute Gasteiger partial charge is 0.287 e. The number of amides is 2. The summed E-state index contributed by atoms with van der Waals surface area (Å²) in [6.07, 6.45) is 10.3. The zero-order valence-corrected chi connectivity index (χ0v) is 18.9. The largest absolute Gasteiger partial charge is 0.459 e. The molecule has 1 saturated carbocycles. The molecule has 2 fully saturated rings. The van der Waals surface area contributed by atoms with Crippen LogP contribution in [0, 0.1) is 5.92 Å². The quantitative estimate of drug-likeness (QED) is 0.656. The van der Waals surface area contributed by atoms with E-state index in [0.29, 0.717) is 18.8 Å². The van der Waals surface area contributed by atoms with Gasteiger partial charge in [0.2, 0.25) is 5.91 Å². The lowest BCUT2D eigenvalue weighted by molar-refractivity contribution is -0.133. The summed E-state index contributed by atoms with van der Waals surface area (Å²) in [7, 11) is 0. The van der Waals surface area contributed by atoms with Crippen molar-refractivity contribution in [1.29, 1.82) is 0 Å². The standard InChI is InChI=1S/C24H37N3O4/c1-3-14-27-17(2)9-7-12-20(28)22(27)26-23(29)19(16-18-10-5-4-6-11-18)25-24(30)21-13-8-15-31-21/h8,13,15,17-19,22H,3-7,9-12,14,16H2,1-2H3,(H,25,30)(H,26,29)/t17-,19?,22+/m1/s1. The highest BCUT2D eigenvalue weighted by atomic mass is 16.3. The van der Waals surface area contributed by atoms with Gasteiger partial charge in [0, 0.05) is 19.0 Å². The van der Waals surface area contributed by atoms with E-state index in [1.807, 2.05) is 0 Å². The summed E-state index contributed by atoms with van der Waals surface area (Å²) in [5.74, 6) is -0.0315. The van der Waals surface area contributed by atoms with Crippen molar-refractivity contribution in [2.75, 3.05) is 6.54 Å². The lowest BCUT2D eigenvalue weighted by Crippen LogP contribution is -2.59. The van der Waals surface area contributed by atoms with Crippen molar-refractivity contribution in [1.82, 2.24) is 15.5 Å². The molecule has 0 spiro atoms. The average Bonchev–Trinajstić information content (AvgIpc) is 3.27. The summed E-state index contributed by atoms with van der Waals surface area (Å²) < 4.78 is 5.21. The predicted octanol–water partition coefficient (Wildman–Crippen LogP) is 3.64. The second kappa shape index (κ2) is 11.5. The molecule has 0 aromatic carbocycles. The van der Waals surface area contributed by atoms with Crippen LogP contribution in [0.15, 0.2) is 22.8 Å². The molecule has 0 bridgehead atoms. The van der Waals surface area contributed by atoms with E-state index < -0.39 is 18.1 Å². The van der Waals surface area contributed by atoms with Gasteiger partial charge < -0.3 is 15.1 Å². The predicted molar refractivity (Wildman–Crippen MR) is 118 cm³/mol. The van der Waals surface area contributed by atoms with E-state index in [1.165, 1.54) is 12.7 Å². The topological polar surface area (TPSA) is 91.7 Å². The number of carbonyl (C=O) groups excluding carboxylic acids is 3. The third kappa shape index (κ3) is 6.42. The van der Waals surface area contributed by atoms with Crippen LogP contribution in [0.4, 0.5) is 0 Å². The van der Waals surface area contributed by atoms with Gasteiger partial charge in [-0.2, -0.15) is 0 Å². The minimum atomic E-state index is -0.685. The van der Waals surface area contributed by atoms with Crippen molar-refractivity contribution < 1.29 is 18.8 Å². The molecule has 7 nitrogen and oxygen atoms in total. The number of rotatable bonds is 8. The molecule has 1 aromatic rings. The molecule has 1 saturated heterocycles. The van der Waals surface area contributed by atoms with Gasteiger partial charge in [-0.25, -0.2) is 0 Å². The normalized spacial score (nSPS) is 24.4. The van der Waals surface area contributed by atoms with Gasteiger partial charge in [-0.05, 0) is 50.7 Å². The number of Topliss-reactive ketones (excluding diaryl/α,β-unsaturated/α-hetero) is 1. The molecule has 2 aliphatic rings. The first-order valence-electron chi connectivity index (χ1n) is 11.9. The number of nitrogens with zero attached hydrogens (tertiary/aromatic N) is 1. The molecular weight excluding hydrogens is 394 g/mol. The summed E-state index contributed by atoms with van der Waals surface area (Å²) in [6, 6.07) is 2.78. The Kier molecular flexibility index (Phi) is 8.69. The zero-order valence-electron chi connectivity index (χ0n) is 18.9. The molecule has 2 amide bonds. The van der Waals surface area contributed by atoms with Crippen LogP contribution >= 0.6 is 0 Å². The van der Waals surface area contributed by atoms with E-state index in [-0.39, 0.29) is 23.5 Å². The SMILES string of the molecule is CCCN1[C@H](C)CCCC(=O)[C@H]1NC(=O)C(CC1CCCCC1)NC(=O)c1ccco1. The van der Waals surface area contributed by atoms with Crippen molar-refractivity contribution in [3.05, 3.63) is 24.2 Å². The second-order valence-electron chi connectivity index (χ2n) is 9.10. The van der Waals surface area contributed by atoms with Crippen LogP contribution in [0.3, 0.4) is 0 Å². The maximum Gasteiger partial charge on any atom is 0.287 e. The summed E-state index contributed by atoms with van der Waals surface area (Å²) >= 11 is 0. The molecule has 3 rings (SSSR count). The first-order valence-corrected chi connectivity index (χ1v) is 11.9. The molecule has 1 aliphatic heterocycles. The molecule has 2 N–H and O–H groups in total. The molecular formula is C24H37N3O4. The van der Waals surface area contributed by atoms with Crippen LogP contribution in [0.25, 0.3) is 0 Å². The number of nitrogens with one attached hydrogen (secondary N) is 2. The van der Waals surface area contributed by atoms with Crippen molar-refractivity contribution in [3.8, 4) is 0 Å². The number of hydrogen-bond donors (Lipinski definition) is 2. The second-order valence-corrected chi connectivity index (χ2v) is 9.10. The Hall–Kier alpha value is -2.15. The fourth-order valence-electron chi connectivity index (χ4n) is 4.94. The average molecular weight is 432 g/mol. The highest BCUT2D eigenvalue weighted by molar-refractivity contribution is 5.96. The Balaban J connectivity index is 1.74. The third-order valence-corrected chi connectivity index (χ3v) is 6.67. The number of ketones is 1. The Morgan fingerprint density at radius 2 is 1.97 bits per heavy atom. The number of likely N-dealkylation sites (tertiary alicyclic amines) is 1. The first kappa shape index (κ1) is 23.5. The third-order valence-electron chi connectivity index (χ3n) is 6.67. The van der Waals surface area contributed by atoms with E-state index in [1.54, 1.807) is 12.1 Å². The lowest BCUT2D eigenvalue weighted by atomic mass is 9.84. The van der Waals surface area contributed by atoms with Crippen molar-refractivity contribution >= 4 is 17.6 Å². The maximum absolute atomic E-state index is 13.4. The molecule has 1 unspecified atom stereocenters. The van der Waals surface area contributed by atoms with Crippen LogP contribution in [-0.4, -0.2) is 47.3 Å². The summed E-state index contributed by atoms with van der Waals surface area (Å²) in [5.41, 5.74) is 0. The monoisotopic (exact) mass is 431 g/mol. The molecule has 31 heavy (non-hydrogen) atoms. The Bertz CT molecular complexity index is 727. The van der Waals surface area contributed by atoms with Crippen molar-refractivity contribution in [2.45, 2.75) is 96.3 Å². The molecule has 1 aromatic heterocycles. The Morgan fingerprint density at radius 1 is 1.19 bits per heavy atom. The highest BCUT2D eigenvalue weighted by Crippen LogP contribution is 2.28. The van der Waals surface area contributed by atoms with E-state index in [2.05, 4.69) is 29.4 Å². The van der Waals surface area contributed by atoms with Gasteiger partial charge in [0.05, 0.1) is 6.26 Å². The van der Waals surface area contributed by atoms with Crippen LogP contribution < -0.4 is 10.6 Å². The zero-order chi connectivity index (χ0) is 22.2. The van der Waals surface area contributed by atoms with Gasteiger partial charge in [-0.1, -0.05) is 39.0 Å². The van der Waals surface area contributed by atoms with Gasteiger partial charge in [0.25, 0.3) is 5.91 Å². The van der Waals surface area contributed by atoms with Gasteiger partial charge in [0.15, 0.2) is 11.5 Å². The van der Waals surface area contributed by atoms with Crippen LogP contribution in [0.5, 0.6) is 0 Å². The van der Waals surface area contributed by atoms with Crippen LogP contribution in [0.2, 0.25) is 0 Å². The van der Waals surface area contributed by atoms with Gasteiger partial charge in [-0.15, -0.1) is 0 Å². The van der Waals surface area contributed by atoms with Gasteiger partial charge in [0.1, 0.15) is 12.2 Å². The van der Waals surface area contributed by atoms with E-state index in [4.69, 9.17) is 4.42 Å². The van der Waals surface area contributed by atoms with E-state index in [9.17, 15) is 14.4 Å². The maximum atomic E-state index is 13.4. The summed E-state index contributed by atoms with van der Waals surface area (Å²) in [4.78, 5) is 41.0. The van der Waals surface area contributed by atoms with Gasteiger partial charge >= 0.3 is 0 Å². The van der Waals surface area contributed by atoms with Crippen molar-refractivity contribution in [3.63, 3.8) is 0 Å². The highest BCUT2D eigenvalue weighted by Gasteiger charge is 2.35. The minimum absolute atomic E-state index is 0.0555. The van der Waals surface area contributed by atoms with Gasteiger partial charge in [-0.3, -0.25) is 19.3 Å². The molecule has 7 heteroatoms. The molecule has 3 atom stereocenters. The van der Waals surface area contributed by atoms with E-state index >= 15 is 0 Å². The van der Waals surface area contributed by atoms with E-state index in [0.717, 1.165) is 51.5 Å². The van der Waals surface area contributed by atoms with Crippen molar-refractivity contribution in [2.24, 2.45) is 5.92 Å². The molecule has 2 heterocycles. The Morgan fingerprint density at radius 3 is 2.65 bits per heavy atom.